The quantitative estimate of drug-likeness (QED) is 0.783. The van der Waals surface area contributed by atoms with Gasteiger partial charge in [0.2, 0.25) is 0 Å². The zero-order valence-corrected chi connectivity index (χ0v) is 13.7. The van der Waals surface area contributed by atoms with Crippen LogP contribution in [0.4, 0.5) is 9.57 Å². The number of benzene rings is 2. The number of rotatable bonds is 4. The van der Waals surface area contributed by atoms with Crippen molar-refractivity contribution in [1.82, 2.24) is 0 Å². The van der Waals surface area contributed by atoms with Gasteiger partial charge in [0.1, 0.15) is 0 Å². The molecule has 22 heavy (non-hydrogen) atoms. The van der Waals surface area contributed by atoms with Crippen LogP contribution in [0.2, 0.25) is 5.02 Å². The third-order valence-corrected chi connectivity index (χ3v) is 6.27. The van der Waals surface area contributed by atoms with Gasteiger partial charge in [0, 0.05) is 5.02 Å². The van der Waals surface area contributed by atoms with E-state index >= 15 is 0 Å². The van der Waals surface area contributed by atoms with Crippen LogP contribution in [0.25, 0.3) is 0 Å². The molecular weight excluding hydrogens is 353 g/mol. The molecule has 0 unspecified atom stereocenters. The smallest absolute Gasteiger partial charge is 0.200 e. The topological polar surface area (TPSA) is 71.5 Å². The largest absolute Gasteiger partial charge is 0.413 e. The first-order valence-corrected chi connectivity index (χ1v) is 9.10. The minimum atomic E-state index is -5.54. The van der Waals surface area contributed by atoms with Gasteiger partial charge in [-0.25, -0.2) is 0 Å². The maximum absolute atomic E-state index is 13.6. The minimum absolute atomic E-state index is 0.257. The van der Waals surface area contributed by atoms with Crippen molar-refractivity contribution in [1.29, 1.82) is 0 Å². The van der Waals surface area contributed by atoms with Crippen LogP contribution in [0.3, 0.4) is 0 Å². The zero-order valence-electron chi connectivity index (χ0n) is 11.3. The molecule has 0 aliphatic rings. The van der Waals surface area contributed by atoms with E-state index in [1.165, 1.54) is 36.4 Å². The van der Waals surface area contributed by atoms with Gasteiger partial charge in [0.15, 0.2) is 0 Å². The summed E-state index contributed by atoms with van der Waals surface area (Å²) in [6, 6.07) is 10.1. The summed E-state index contributed by atoms with van der Waals surface area (Å²) in [4.78, 5) is -0.339. The summed E-state index contributed by atoms with van der Waals surface area (Å²) in [5, 5.41) is 0.257. The molecule has 9 heteroatoms. The SMILES string of the molecule is Cc1ccc(S(=O)(=O)N(c2ccc(Cl)cc2)S(=O)(=O)F)cc1. The maximum Gasteiger partial charge on any atom is 0.413 e. The van der Waals surface area contributed by atoms with Gasteiger partial charge >= 0.3 is 10.4 Å². The molecule has 0 aromatic heterocycles. The third-order valence-electron chi connectivity index (χ3n) is 2.77. The lowest BCUT2D eigenvalue weighted by Gasteiger charge is -2.19. The van der Waals surface area contributed by atoms with E-state index in [0.717, 1.165) is 17.7 Å². The minimum Gasteiger partial charge on any atom is -0.200 e. The highest BCUT2D eigenvalue weighted by molar-refractivity contribution is 8.08. The van der Waals surface area contributed by atoms with E-state index < -0.39 is 20.4 Å². The molecule has 0 atom stereocenters. The Kier molecular flexibility index (Phi) is 4.46. The fraction of sp³-hybridized carbons (Fsp3) is 0.0769. The predicted molar refractivity (Wildman–Crippen MR) is 82.3 cm³/mol. The van der Waals surface area contributed by atoms with Crippen LogP contribution in [0, 0.1) is 6.92 Å². The van der Waals surface area contributed by atoms with Crippen molar-refractivity contribution in [2.75, 3.05) is 3.71 Å². The molecule has 0 aliphatic heterocycles. The van der Waals surface area contributed by atoms with Crippen LogP contribution in [-0.2, 0) is 20.4 Å². The summed E-state index contributed by atoms with van der Waals surface area (Å²) in [7, 11) is -10.2. The lowest BCUT2D eigenvalue weighted by Crippen LogP contribution is -2.34. The van der Waals surface area contributed by atoms with E-state index in [1.807, 2.05) is 0 Å². The fourth-order valence-electron chi connectivity index (χ4n) is 1.75. The Morgan fingerprint density at radius 3 is 1.86 bits per heavy atom. The highest BCUT2D eigenvalue weighted by Crippen LogP contribution is 2.28. The first-order chi connectivity index (χ1) is 10.1. The molecule has 0 aliphatic carbocycles. The summed E-state index contributed by atoms with van der Waals surface area (Å²) in [6.07, 6.45) is 0. The van der Waals surface area contributed by atoms with Crippen LogP contribution in [0.15, 0.2) is 53.4 Å². The molecular formula is C13H11ClFNO4S2. The molecule has 0 fully saturated rings. The molecule has 2 aromatic rings. The maximum atomic E-state index is 13.6. The van der Waals surface area contributed by atoms with Crippen LogP contribution in [0.5, 0.6) is 0 Å². The Bertz CT molecular complexity index is 879. The van der Waals surface area contributed by atoms with Gasteiger partial charge in [-0.2, -0.15) is 16.8 Å². The van der Waals surface area contributed by atoms with Crippen LogP contribution < -0.4 is 3.71 Å². The zero-order chi connectivity index (χ0) is 16.5. The molecule has 0 N–H and O–H groups in total. The fourth-order valence-corrected chi connectivity index (χ4v) is 4.52. The number of halogens is 2. The average molecular weight is 364 g/mol. The van der Waals surface area contributed by atoms with Crippen LogP contribution in [-0.4, -0.2) is 16.8 Å². The molecule has 0 saturated heterocycles. The second-order valence-corrected chi connectivity index (χ2v) is 8.08. The van der Waals surface area contributed by atoms with Gasteiger partial charge in [-0.05, 0) is 43.3 Å². The molecule has 0 amide bonds. The normalized spacial score (nSPS) is 12.1. The molecule has 0 spiro atoms. The van der Waals surface area contributed by atoms with Crippen molar-refractivity contribution in [3.05, 3.63) is 59.1 Å². The molecule has 2 rings (SSSR count). The highest BCUT2D eigenvalue weighted by Gasteiger charge is 2.35. The number of anilines is 1. The summed E-state index contributed by atoms with van der Waals surface area (Å²) in [5.74, 6) is 0. The highest BCUT2D eigenvalue weighted by atomic mass is 35.5. The van der Waals surface area contributed by atoms with Crippen LogP contribution in [0.1, 0.15) is 5.56 Å². The Morgan fingerprint density at radius 2 is 1.41 bits per heavy atom. The average Bonchev–Trinajstić information content (AvgIpc) is 2.40. The number of aryl methyl sites for hydroxylation is 1. The Balaban J connectivity index is 2.64. The molecule has 0 heterocycles. The van der Waals surface area contributed by atoms with E-state index in [4.69, 9.17) is 11.6 Å². The predicted octanol–water partition coefficient (Wildman–Crippen LogP) is 3.06. The summed E-state index contributed by atoms with van der Waals surface area (Å²) >= 11 is 5.67. The van der Waals surface area contributed by atoms with Crippen molar-refractivity contribution < 1.29 is 20.7 Å². The van der Waals surface area contributed by atoms with Gasteiger partial charge in [-0.3, -0.25) is 0 Å². The molecule has 5 nitrogen and oxygen atoms in total. The van der Waals surface area contributed by atoms with E-state index in [9.17, 15) is 20.7 Å². The number of nitrogens with zero attached hydrogens (tertiary/aromatic N) is 1. The van der Waals surface area contributed by atoms with Crippen molar-refractivity contribution in [3.8, 4) is 0 Å². The van der Waals surface area contributed by atoms with E-state index in [2.05, 4.69) is 0 Å². The van der Waals surface area contributed by atoms with Crippen molar-refractivity contribution in [3.63, 3.8) is 0 Å². The van der Waals surface area contributed by atoms with Gasteiger partial charge in [-0.1, -0.05) is 33.2 Å². The lowest BCUT2D eigenvalue weighted by molar-refractivity contribution is 0.549. The number of hydrogen-bond acceptors (Lipinski definition) is 4. The first kappa shape index (κ1) is 16.7. The molecule has 2 aromatic carbocycles. The standard InChI is InChI=1S/C13H11ClFNO4S2/c1-10-2-8-13(9-3-10)21(17,18)16(22(15,19)20)12-6-4-11(14)5-7-12/h2-9H,1H3. The van der Waals surface area contributed by atoms with E-state index in [1.54, 1.807) is 6.92 Å². The Labute approximate surface area is 133 Å². The van der Waals surface area contributed by atoms with Crippen molar-refractivity contribution in [2.24, 2.45) is 0 Å². The third kappa shape index (κ3) is 3.40. The van der Waals surface area contributed by atoms with Crippen molar-refractivity contribution in [2.45, 2.75) is 11.8 Å². The van der Waals surface area contributed by atoms with E-state index in [-0.39, 0.29) is 19.3 Å². The second-order valence-electron chi connectivity index (χ2n) is 4.43. The number of hydrogen-bond donors (Lipinski definition) is 0. The molecule has 0 saturated carbocycles. The second kappa shape index (κ2) is 5.86. The number of sulfonamides is 1. The van der Waals surface area contributed by atoms with Gasteiger partial charge < -0.3 is 0 Å². The molecule has 118 valence electrons. The molecule has 0 bridgehead atoms. The van der Waals surface area contributed by atoms with Gasteiger partial charge in [0.25, 0.3) is 10.0 Å². The summed E-state index contributed by atoms with van der Waals surface area (Å²) in [6.45, 7) is 1.74. The van der Waals surface area contributed by atoms with E-state index in [0.29, 0.717) is 0 Å². The Hall–Kier alpha value is -1.64. The summed E-state index contributed by atoms with van der Waals surface area (Å²) in [5.41, 5.74) is 0.410. The van der Waals surface area contributed by atoms with Gasteiger partial charge in [-0.15, -0.1) is 3.71 Å². The van der Waals surface area contributed by atoms with Gasteiger partial charge in [0.05, 0.1) is 10.6 Å². The van der Waals surface area contributed by atoms with Crippen LogP contribution >= 0.6 is 11.6 Å². The Morgan fingerprint density at radius 1 is 0.909 bits per heavy atom. The lowest BCUT2D eigenvalue weighted by atomic mass is 10.2. The molecule has 0 radical (unpaired) electrons. The monoisotopic (exact) mass is 363 g/mol. The first-order valence-electron chi connectivity index (χ1n) is 5.95. The van der Waals surface area contributed by atoms with Crippen molar-refractivity contribution >= 4 is 37.7 Å². The summed E-state index contributed by atoms with van der Waals surface area (Å²) < 4.78 is 60.9.